The summed E-state index contributed by atoms with van der Waals surface area (Å²) in [5.74, 6) is 1.65. The summed E-state index contributed by atoms with van der Waals surface area (Å²) in [6, 6.07) is 18.1. The van der Waals surface area contributed by atoms with Crippen molar-refractivity contribution in [1.82, 2.24) is 15.3 Å². The molecule has 3 aromatic rings. The van der Waals surface area contributed by atoms with Gasteiger partial charge in [0, 0.05) is 24.0 Å². The molecular weight excluding hydrogens is 352 g/mol. The summed E-state index contributed by atoms with van der Waals surface area (Å²) in [4.78, 5) is 10.5. The Balaban J connectivity index is 1.26. The number of anilines is 2. The van der Waals surface area contributed by atoms with E-state index in [9.17, 15) is 0 Å². The predicted octanol–water partition coefficient (Wildman–Crippen LogP) is 5.02. The van der Waals surface area contributed by atoms with E-state index in [1.807, 2.05) is 18.3 Å². The molecule has 2 N–H and O–H groups in total. The second-order valence-electron chi connectivity index (χ2n) is 7.71. The van der Waals surface area contributed by atoms with E-state index in [1.54, 1.807) is 11.3 Å². The number of nitrogens with one attached hydrogen (secondary N) is 2. The van der Waals surface area contributed by atoms with E-state index in [1.165, 1.54) is 41.8 Å². The van der Waals surface area contributed by atoms with Crippen LogP contribution in [0.15, 0.2) is 54.7 Å². The van der Waals surface area contributed by atoms with Gasteiger partial charge in [0.05, 0.1) is 4.88 Å². The van der Waals surface area contributed by atoms with Crippen LogP contribution in [0.1, 0.15) is 31.4 Å². The van der Waals surface area contributed by atoms with Crippen molar-refractivity contribution in [3.05, 3.63) is 60.4 Å². The molecule has 0 radical (unpaired) electrons. The summed E-state index contributed by atoms with van der Waals surface area (Å²) in [5, 5.41) is 8.00. The largest absolute Gasteiger partial charge is 0.316 e. The number of thiazole rings is 1. The smallest absolute Gasteiger partial charge is 0.188 e. The number of hydrogen-bond acceptors (Lipinski definition) is 5. The molecule has 2 aromatic heterocycles. The maximum absolute atomic E-state index is 4.85. The molecule has 2 saturated heterocycles. The minimum Gasteiger partial charge on any atom is -0.316 e. The second-order valence-corrected chi connectivity index (χ2v) is 8.74. The average molecular weight is 377 g/mol. The lowest BCUT2D eigenvalue weighted by atomic mass is 9.88. The first-order valence-electron chi connectivity index (χ1n) is 9.82. The fourth-order valence-corrected chi connectivity index (χ4v) is 5.31. The van der Waals surface area contributed by atoms with E-state index in [0.29, 0.717) is 0 Å². The molecule has 1 aromatic carbocycles. The first kappa shape index (κ1) is 16.9. The minimum absolute atomic E-state index is 0.738. The lowest BCUT2D eigenvalue weighted by Gasteiger charge is -2.28. The lowest BCUT2D eigenvalue weighted by Crippen LogP contribution is -2.38. The van der Waals surface area contributed by atoms with E-state index < -0.39 is 0 Å². The lowest BCUT2D eigenvalue weighted by molar-refractivity contribution is 0.297. The Bertz CT molecular complexity index is 895. The van der Waals surface area contributed by atoms with Crippen molar-refractivity contribution in [2.75, 3.05) is 5.32 Å². The van der Waals surface area contributed by atoms with Gasteiger partial charge in [-0.25, -0.2) is 9.97 Å². The van der Waals surface area contributed by atoms with Crippen LogP contribution in [0.2, 0.25) is 0 Å². The summed E-state index contributed by atoms with van der Waals surface area (Å²) in [6.45, 7) is 0. The molecule has 1 unspecified atom stereocenters. The van der Waals surface area contributed by atoms with E-state index in [4.69, 9.17) is 4.98 Å². The number of pyridine rings is 1. The average Bonchev–Trinajstić information content (AvgIpc) is 3.29. The van der Waals surface area contributed by atoms with Crippen molar-refractivity contribution in [3.63, 3.8) is 0 Å². The first-order valence-corrected chi connectivity index (χ1v) is 10.6. The number of fused-ring (bicyclic) bond motifs is 2. The highest BCUT2D eigenvalue weighted by atomic mass is 32.1. The van der Waals surface area contributed by atoms with Crippen molar-refractivity contribution in [3.8, 4) is 10.4 Å². The molecule has 0 aliphatic carbocycles. The number of nitrogens with zero attached hydrogens (tertiary/aromatic N) is 2. The summed E-state index contributed by atoms with van der Waals surface area (Å²) < 4.78 is 0. The number of benzene rings is 1. The van der Waals surface area contributed by atoms with E-state index in [2.05, 4.69) is 52.0 Å². The van der Waals surface area contributed by atoms with Crippen molar-refractivity contribution in [1.29, 1.82) is 0 Å². The second kappa shape index (κ2) is 7.41. The molecule has 0 amide bonds. The van der Waals surface area contributed by atoms with Crippen molar-refractivity contribution >= 4 is 22.3 Å². The van der Waals surface area contributed by atoms with Gasteiger partial charge in [0.25, 0.3) is 0 Å². The Morgan fingerprint density at radius 2 is 1.81 bits per heavy atom. The van der Waals surface area contributed by atoms with E-state index in [0.717, 1.165) is 35.4 Å². The van der Waals surface area contributed by atoms with Gasteiger partial charge in [-0.2, -0.15) is 0 Å². The van der Waals surface area contributed by atoms with Gasteiger partial charge < -0.3 is 10.6 Å². The molecule has 4 nitrogen and oxygen atoms in total. The SMILES string of the molecule is c1ccc(-c2cnc(Nc3cccc(CC4C[C@H]5CC[C@@H](C4)N5)n3)s2)cc1. The minimum atomic E-state index is 0.738. The number of rotatable bonds is 5. The molecule has 138 valence electrons. The van der Waals surface area contributed by atoms with Gasteiger partial charge in [0.2, 0.25) is 0 Å². The summed E-state index contributed by atoms with van der Waals surface area (Å²) in [7, 11) is 0. The quantitative estimate of drug-likeness (QED) is 0.656. The maximum Gasteiger partial charge on any atom is 0.188 e. The molecule has 4 heterocycles. The maximum atomic E-state index is 4.85. The normalized spacial score (nSPS) is 24.1. The molecular formula is C22H24N4S. The molecule has 2 aliphatic rings. The van der Waals surface area contributed by atoms with E-state index in [-0.39, 0.29) is 0 Å². The zero-order chi connectivity index (χ0) is 18.1. The monoisotopic (exact) mass is 376 g/mol. The number of hydrogen-bond donors (Lipinski definition) is 2. The van der Waals surface area contributed by atoms with Crippen LogP contribution in [0.4, 0.5) is 10.9 Å². The zero-order valence-electron chi connectivity index (χ0n) is 15.3. The molecule has 2 fully saturated rings. The Morgan fingerprint density at radius 1 is 1.00 bits per heavy atom. The highest BCUT2D eigenvalue weighted by molar-refractivity contribution is 7.18. The third kappa shape index (κ3) is 3.89. The Hall–Kier alpha value is -2.24. The molecule has 5 heteroatoms. The van der Waals surface area contributed by atoms with Gasteiger partial charge in [-0.3, -0.25) is 0 Å². The van der Waals surface area contributed by atoms with Crippen LogP contribution in [-0.2, 0) is 6.42 Å². The highest BCUT2D eigenvalue weighted by Crippen LogP contribution is 2.33. The number of aromatic nitrogens is 2. The Labute approximate surface area is 164 Å². The van der Waals surface area contributed by atoms with Gasteiger partial charge in [0.1, 0.15) is 5.82 Å². The van der Waals surface area contributed by atoms with Gasteiger partial charge in [-0.1, -0.05) is 47.7 Å². The van der Waals surface area contributed by atoms with Crippen LogP contribution in [0.3, 0.4) is 0 Å². The molecule has 2 aliphatic heterocycles. The van der Waals surface area contributed by atoms with Crippen molar-refractivity contribution in [2.45, 2.75) is 44.2 Å². The molecule has 27 heavy (non-hydrogen) atoms. The van der Waals surface area contributed by atoms with E-state index >= 15 is 0 Å². The number of piperidine rings is 1. The van der Waals surface area contributed by atoms with Gasteiger partial charge in [-0.05, 0) is 55.7 Å². The third-order valence-corrected chi connectivity index (χ3v) is 6.64. The summed E-state index contributed by atoms with van der Waals surface area (Å²) >= 11 is 1.66. The molecule has 0 saturated carbocycles. The molecule has 3 atom stereocenters. The zero-order valence-corrected chi connectivity index (χ0v) is 16.1. The van der Waals surface area contributed by atoms with Crippen LogP contribution in [-0.4, -0.2) is 22.1 Å². The third-order valence-electron chi connectivity index (χ3n) is 5.67. The Morgan fingerprint density at radius 3 is 2.63 bits per heavy atom. The van der Waals surface area contributed by atoms with Crippen LogP contribution < -0.4 is 10.6 Å². The van der Waals surface area contributed by atoms with Crippen LogP contribution >= 0.6 is 11.3 Å². The highest BCUT2D eigenvalue weighted by Gasteiger charge is 2.33. The van der Waals surface area contributed by atoms with Crippen molar-refractivity contribution in [2.24, 2.45) is 5.92 Å². The van der Waals surface area contributed by atoms with Gasteiger partial charge >= 0.3 is 0 Å². The predicted molar refractivity (Wildman–Crippen MR) is 111 cm³/mol. The molecule has 2 bridgehead atoms. The van der Waals surface area contributed by atoms with Crippen LogP contribution in [0.25, 0.3) is 10.4 Å². The van der Waals surface area contributed by atoms with Crippen LogP contribution in [0.5, 0.6) is 0 Å². The molecule has 5 rings (SSSR count). The summed E-state index contributed by atoms with van der Waals surface area (Å²) in [5.41, 5.74) is 2.39. The molecule has 0 spiro atoms. The van der Waals surface area contributed by atoms with Gasteiger partial charge in [0.15, 0.2) is 5.13 Å². The summed E-state index contributed by atoms with van der Waals surface area (Å²) in [6.07, 6.45) is 8.30. The van der Waals surface area contributed by atoms with Crippen molar-refractivity contribution < 1.29 is 0 Å². The van der Waals surface area contributed by atoms with Gasteiger partial charge in [-0.15, -0.1) is 0 Å². The Kier molecular flexibility index (Phi) is 4.64. The fourth-order valence-electron chi connectivity index (χ4n) is 4.48. The first-order chi connectivity index (χ1) is 13.3. The van der Waals surface area contributed by atoms with Crippen LogP contribution in [0, 0.1) is 5.92 Å². The topological polar surface area (TPSA) is 49.8 Å². The standard InChI is InChI=1S/C22H24N4S/c1-2-5-16(6-3-1)20-14-23-22(27-20)26-21-8-4-7-17(25-21)11-15-12-18-9-10-19(13-15)24-18/h1-8,14-15,18-19,24H,9-13H2,(H,23,25,26)/t15?,18-,19+. The fraction of sp³-hybridized carbons (Fsp3) is 0.364.